The van der Waals surface area contributed by atoms with Gasteiger partial charge < -0.3 is 14.6 Å². The van der Waals surface area contributed by atoms with Crippen LogP contribution in [0.15, 0.2) is 36.8 Å². The number of para-hydroxylation sites is 1. The van der Waals surface area contributed by atoms with Crippen molar-refractivity contribution in [1.29, 1.82) is 0 Å². The molecule has 0 saturated carbocycles. The van der Waals surface area contributed by atoms with E-state index in [0.717, 1.165) is 18.7 Å². The van der Waals surface area contributed by atoms with Gasteiger partial charge in [-0.15, -0.1) is 0 Å². The molecular weight excluding hydrogens is 250 g/mol. The Morgan fingerprint density at radius 1 is 1.30 bits per heavy atom. The number of aromatic nitrogens is 2. The molecule has 0 atom stereocenters. The van der Waals surface area contributed by atoms with Gasteiger partial charge in [0.1, 0.15) is 5.75 Å². The van der Waals surface area contributed by atoms with Crippen molar-refractivity contribution in [2.45, 2.75) is 32.4 Å². The Labute approximate surface area is 120 Å². The third kappa shape index (κ3) is 3.02. The summed E-state index contributed by atoms with van der Waals surface area (Å²) in [6.07, 6.45) is 4.75. The molecule has 0 fully saturated rings. The largest absolute Gasteiger partial charge is 0.496 e. The van der Waals surface area contributed by atoms with Crippen LogP contribution in [0.2, 0.25) is 0 Å². The average Bonchev–Trinajstić information content (AvgIpc) is 2.94. The van der Waals surface area contributed by atoms with Crippen molar-refractivity contribution in [3.8, 4) is 5.75 Å². The Morgan fingerprint density at radius 3 is 2.75 bits per heavy atom. The number of aryl methyl sites for hydroxylation is 2. The highest BCUT2D eigenvalue weighted by atomic mass is 16.5. The molecule has 4 heteroatoms. The van der Waals surface area contributed by atoms with E-state index in [1.807, 2.05) is 37.8 Å². The van der Waals surface area contributed by atoms with E-state index in [2.05, 4.69) is 34.8 Å². The number of imidazole rings is 1. The maximum absolute atomic E-state index is 5.40. The van der Waals surface area contributed by atoms with Gasteiger partial charge in [-0.3, -0.25) is 0 Å². The molecule has 0 amide bonds. The summed E-state index contributed by atoms with van der Waals surface area (Å²) in [4.78, 5) is 4.28. The number of methoxy groups -OCH3 is 1. The zero-order valence-corrected chi connectivity index (χ0v) is 12.7. The molecule has 0 saturated heterocycles. The second-order valence-corrected chi connectivity index (χ2v) is 5.41. The second-order valence-electron chi connectivity index (χ2n) is 5.41. The molecule has 0 bridgehead atoms. The molecule has 1 aromatic heterocycles. The molecule has 0 aliphatic rings. The Balaban J connectivity index is 2.14. The Kier molecular flexibility index (Phi) is 4.45. The van der Waals surface area contributed by atoms with Crippen LogP contribution in [-0.2, 0) is 18.5 Å². The van der Waals surface area contributed by atoms with E-state index >= 15 is 0 Å². The first-order valence-corrected chi connectivity index (χ1v) is 6.90. The third-order valence-electron chi connectivity index (χ3n) is 3.79. The number of ether oxygens (including phenoxy) is 1. The van der Waals surface area contributed by atoms with E-state index in [9.17, 15) is 0 Å². The minimum Gasteiger partial charge on any atom is -0.496 e. The molecule has 1 N–H and O–H groups in total. The highest BCUT2D eigenvalue weighted by Crippen LogP contribution is 2.21. The lowest BCUT2D eigenvalue weighted by molar-refractivity contribution is 0.400. The van der Waals surface area contributed by atoms with Crippen LogP contribution in [0, 0.1) is 0 Å². The van der Waals surface area contributed by atoms with Crippen molar-refractivity contribution in [3.05, 3.63) is 48.0 Å². The zero-order chi connectivity index (χ0) is 14.6. The quantitative estimate of drug-likeness (QED) is 0.879. The number of nitrogens with one attached hydrogen (secondary N) is 1. The number of hydrogen-bond acceptors (Lipinski definition) is 3. The Morgan fingerprint density at radius 2 is 2.05 bits per heavy atom. The highest BCUT2D eigenvalue weighted by Gasteiger charge is 2.21. The summed E-state index contributed by atoms with van der Waals surface area (Å²) < 4.78 is 7.59. The molecule has 2 rings (SSSR count). The summed E-state index contributed by atoms with van der Waals surface area (Å²) >= 11 is 0. The summed E-state index contributed by atoms with van der Waals surface area (Å²) in [5.74, 6) is 0.946. The van der Waals surface area contributed by atoms with Crippen LogP contribution >= 0.6 is 0 Å². The summed E-state index contributed by atoms with van der Waals surface area (Å²) in [7, 11) is 3.68. The fraction of sp³-hybridized carbons (Fsp3) is 0.438. The number of benzene rings is 1. The standard InChI is InChI=1S/C16H23N3O/c1-16(2,17-3)15-11-18-12-19(15)10-9-13-7-5-6-8-14(13)20-4/h5-8,11-12,17H,9-10H2,1-4H3. The fourth-order valence-electron chi connectivity index (χ4n) is 2.30. The molecule has 2 aromatic rings. The van der Waals surface area contributed by atoms with E-state index in [1.54, 1.807) is 7.11 Å². The maximum atomic E-state index is 5.40. The monoisotopic (exact) mass is 273 g/mol. The lowest BCUT2D eigenvalue weighted by Gasteiger charge is -2.25. The van der Waals surface area contributed by atoms with E-state index in [0.29, 0.717) is 0 Å². The van der Waals surface area contributed by atoms with E-state index < -0.39 is 0 Å². The van der Waals surface area contributed by atoms with E-state index in [1.165, 1.54) is 11.3 Å². The fourth-order valence-corrected chi connectivity index (χ4v) is 2.30. The van der Waals surface area contributed by atoms with Crippen LogP contribution in [0.5, 0.6) is 5.75 Å². The van der Waals surface area contributed by atoms with Gasteiger partial charge in [-0.05, 0) is 38.9 Å². The molecule has 108 valence electrons. The SMILES string of the molecule is CNC(C)(C)c1cncn1CCc1ccccc1OC. The maximum Gasteiger partial charge on any atom is 0.122 e. The van der Waals surface area contributed by atoms with Crippen LogP contribution in [-0.4, -0.2) is 23.7 Å². The number of rotatable bonds is 6. The van der Waals surface area contributed by atoms with Crippen molar-refractivity contribution in [2.24, 2.45) is 0 Å². The van der Waals surface area contributed by atoms with Crippen molar-refractivity contribution in [3.63, 3.8) is 0 Å². The molecule has 0 aliphatic heterocycles. The van der Waals surface area contributed by atoms with Gasteiger partial charge in [-0.2, -0.15) is 0 Å². The number of hydrogen-bond donors (Lipinski definition) is 1. The first-order valence-electron chi connectivity index (χ1n) is 6.90. The molecular formula is C16H23N3O. The lowest BCUT2D eigenvalue weighted by atomic mass is 10.0. The van der Waals surface area contributed by atoms with Gasteiger partial charge in [0.15, 0.2) is 0 Å². The van der Waals surface area contributed by atoms with Crippen molar-refractivity contribution < 1.29 is 4.74 Å². The van der Waals surface area contributed by atoms with Gasteiger partial charge in [0.25, 0.3) is 0 Å². The van der Waals surface area contributed by atoms with Gasteiger partial charge >= 0.3 is 0 Å². The topological polar surface area (TPSA) is 39.1 Å². The van der Waals surface area contributed by atoms with Gasteiger partial charge in [-0.25, -0.2) is 4.98 Å². The van der Waals surface area contributed by atoms with Crippen LogP contribution in [0.1, 0.15) is 25.1 Å². The summed E-state index contributed by atoms with van der Waals surface area (Å²) in [5.41, 5.74) is 2.32. The molecule has 0 aliphatic carbocycles. The molecule has 1 heterocycles. The van der Waals surface area contributed by atoms with Crippen molar-refractivity contribution in [2.75, 3.05) is 14.2 Å². The van der Waals surface area contributed by atoms with Gasteiger partial charge in [0.05, 0.1) is 24.7 Å². The van der Waals surface area contributed by atoms with E-state index in [-0.39, 0.29) is 5.54 Å². The van der Waals surface area contributed by atoms with E-state index in [4.69, 9.17) is 4.74 Å². The van der Waals surface area contributed by atoms with Gasteiger partial charge in [0, 0.05) is 12.7 Å². The summed E-state index contributed by atoms with van der Waals surface area (Å²) in [6.45, 7) is 5.20. The highest BCUT2D eigenvalue weighted by molar-refractivity contribution is 5.33. The molecule has 0 radical (unpaired) electrons. The second kappa shape index (κ2) is 6.09. The summed E-state index contributed by atoms with van der Waals surface area (Å²) in [5, 5.41) is 3.32. The minimum absolute atomic E-state index is 0.0860. The van der Waals surface area contributed by atoms with Crippen LogP contribution < -0.4 is 10.1 Å². The summed E-state index contributed by atoms with van der Waals surface area (Å²) in [6, 6.07) is 8.15. The predicted molar refractivity (Wildman–Crippen MR) is 81.0 cm³/mol. The zero-order valence-electron chi connectivity index (χ0n) is 12.7. The van der Waals surface area contributed by atoms with Gasteiger partial charge in [0.2, 0.25) is 0 Å². The molecule has 20 heavy (non-hydrogen) atoms. The molecule has 4 nitrogen and oxygen atoms in total. The van der Waals surface area contributed by atoms with Crippen LogP contribution in [0.25, 0.3) is 0 Å². The molecule has 0 unspecified atom stereocenters. The first kappa shape index (κ1) is 14.6. The van der Waals surface area contributed by atoms with Gasteiger partial charge in [-0.1, -0.05) is 18.2 Å². The number of nitrogens with zero attached hydrogens (tertiary/aromatic N) is 2. The Hall–Kier alpha value is -1.81. The van der Waals surface area contributed by atoms with Crippen LogP contribution in [0.4, 0.5) is 0 Å². The van der Waals surface area contributed by atoms with Crippen LogP contribution in [0.3, 0.4) is 0 Å². The third-order valence-corrected chi connectivity index (χ3v) is 3.79. The normalized spacial score (nSPS) is 11.6. The first-order chi connectivity index (χ1) is 9.58. The molecule has 0 spiro atoms. The minimum atomic E-state index is -0.0860. The van der Waals surface area contributed by atoms with Crippen molar-refractivity contribution in [1.82, 2.24) is 14.9 Å². The van der Waals surface area contributed by atoms with Crippen molar-refractivity contribution >= 4 is 0 Å². The average molecular weight is 273 g/mol. The predicted octanol–water partition coefficient (Wildman–Crippen LogP) is 2.59. The Bertz CT molecular complexity index is 560. The molecule has 1 aromatic carbocycles. The smallest absolute Gasteiger partial charge is 0.122 e. The lowest BCUT2D eigenvalue weighted by Crippen LogP contribution is -2.35.